The second kappa shape index (κ2) is 6.38. The number of morpholine rings is 1. The monoisotopic (exact) mass is 224 g/mol. The van der Waals surface area contributed by atoms with Gasteiger partial charge in [-0.3, -0.25) is 9.80 Å². The summed E-state index contributed by atoms with van der Waals surface area (Å²) in [6.45, 7) is 6.39. The maximum absolute atomic E-state index is 5.36. The molecule has 2 rings (SSSR count). The maximum atomic E-state index is 5.36. The Balaban J connectivity index is 1.67. The zero-order valence-corrected chi connectivity index (χ0v) is 10.4. The van der Waals surface area contributed by atoms with Crippen LogP contribution < -0.4 is 0 Å². The largest absolute Gasteiger partial charge is 0.379 e. The predicted molar refractivity (Wildman–Crippen MR) is 66.7 cm³/mol. The molecule has 0 N–H and O–H groups in total. The van der Waals surface area contributed by atoms with Gasteiger partial charge in [0, 0.05) is 32.2 Å². The molecule has 1 atom stereocenters. The van der Waals surface area contributed by atoms with Crippen LogP contribution in [-0.4, -0.2) is 62.3 Å². The van der Waals surface area contributed by atoms with Gasteiger partial charge in [0.25, 0.3) is 0 Å². The zero-order valence-electron chi connectivity index (χ0n) is 10.4. The van der Waals surface area contributed by atoms with Crippen molar-refractivity contribution in [3.05, 3.63) is 12.2 Å². The lowest BCUT2D eigenvalue weighted by Gasteiger charge is -2.32. The average Bonchev–Trinajstić information content (AvgIpc) is 2.38. The maximum Gasteiger partial charge on any atom is 0.0594 e. The lowest BCUT2D eigenvalue weighted by Crippen LogP contribution is -2.42. The summed E-state index contributed by atoms with van der Waals surface area (Å²) in [5, 5.41) is 0. The minimum atomic E-state index is 0.676. The normalized spacial score (nSPS) is 27.5. The number of allylic oxidation sites excluding steroid dienone is 1. The van der Waals surface area contributed by atoms with Crippen molar-refractivity contribution in [2.45, 2.75) is 25.3 Å². The minimum absolute atomic E-state index is 0.676. The molecule has 92 valence electrons. The van der Waals surface area contributed by atoms with E-state index in [1.807, 2.05) is 0 Å². The quantitative estimate of drug-likeness (QED) is 0.671. The predicted octanol–water partition coefficient (Wildman–Crippen LogP) is 1.36. The van der Waals surface area contributed by atoms with Gasteiger partial charge in [-0.15, -0.1) is 0 Å². The summed E-state index contributed by atoms with van der Waals surface area (Å²) in [4.78, 5) is 5.00. The molecule has 0 aromatic carbocycles. The summed E-state index contributed by atoms with van der Waals surface area (Å²) in [5.74, 6) is 0. The fourth-order valence-electron chi connectivity index (χ4n) is 2.45. The van der Waals surface area contributed by atoms with Crippen molar-refractivity contribution in [3.63, 3.8) is 0 Å². The van der Waals surface area contributed by atoms with Gasteiger partial charge >= 0.3 is 0 Å². The summed E-state index contributed by atoms with van der Waals surface area (Å²) in [7, 11) is 2.25. The summed E-state index contributed by atoms with van der Waals surface area (Å²) >= 11 is 0. The van der Waals surface area contributed by atoms with E-state index in [-0.39, 0.29) is 0 Å². The molecule has 0 radical (unpaired) electrons. The van der Waals surface area contributed by atoms with Gasteiger partial charge in [-0.1, -0.05) is 12.2 Å². The van der Waals surface area contributed by atoms with E-state index in [0.717, 1.165) is 26.3 Å². The van der Waals surface area contributed by atoms with Crippen molar-refractivity contribution in [2.24, 2.45) is 0 Å². The van der Waals surface area contributed by atoms with Crippen molar-refractivity contribution < 1.29 is 4.74 Å². The lowest BCUT2D eigenvalue weighted by atomic mass is 10.0. The first-order valence-electron chi connectivity index (χ1n) is 6.53. The second-order valence-corrected chi connectivity index (χ2v) is 4.86. The molecule has 3 nitrogen and oxygen atoms in total. The molecule has 0 aromatic rings. The number of hydrogen-bond donors (Lipinski definition) is 0. The van der Waals surface area contributed by atoms with E-state index in [1.54, 1.807) is 0 Å². The second-order valence-electron chi connectivity index (χ2n) is 4.86. The van der Waals surface area contributed by atoms with Crippen LogP contribution in [0.15, 0.2) is 12.2 Å². The van der Waals surface area contributed by atoms with Crippen LogP contribution in [0.25, 0.3) is 0 Å². The van der Waals surface area contributed by atoms with E-state index in [4.69, 9.17) is 4.74 Å². The SMILES string of the molecule is CN(CCN1CCOCC1)[C@@H]1C=CCCC1. The van der Waals surface area contributed by atoms with Gasteiger partial charge in [0.1, 0.15) is 0 Å². The molecule has 1 aliphatic heterocycles. The molecule has 0 spiro atoms. The number of hydrogen-bond acceptors (Lipinski definition) is 3. The van der Waals surface area contributed by atoms with E-state index in [1.165, 1.54) is 32.4 Å². The van der Waals surface area contributed by atoms with E-state index in [2.05, 4.69) is 29.0 Å². The molecule has 0 amide bonds. The fraction of sp³-hybridized carbons (Fsp3) is 0.846. The van der Waals surface area contributed by atoms with Gasteiger partial charge in [0.05, 0.1) is 13.2 Å². The zero-order chi connectivity index (χ0) is 11.2. The summed E-state index contributed by atoms with van der Waals surface area (Å²) in [5.41, 5.74) is 0. The van der Waals surface area contributed by atoms with E-state index in [9.17, 15) is 0 Å². The van der Waals surface area contributed by atoms with Crippen LogP contribution in [0.5, 0.6) is 0 Å². The fourth-order valence-corrected chi connectivity index (χ4v) is 2.45. The highest BCUT2D eigenvalue weighted by Crippen LogP contribution is 2.14. The van der Waals surface area contributed by atoms with Crippen molar-refractivity contribution in [1.29, 1.82) is 0 Å². The van der Waals surface area contributed by atoms with Crippen LogP contribution in [0.1, 0.15) is 19.3 Å². The highest BCUT2D eigenvalue weighted by Gasteiger charge is 2.15. The molecular weight excluding hydrogens is 200 g/mol. The highest BCUT2D eigenvalue weighted by molar-refractivity contribution is 4.97. The standard InChI is InChI=1S/C13H24N2O/c1-14(13-5-3-2-4-6-13)7-8-15-9-11-16-12-10-15/h3,5,13H,2,4,6-12H2,1H3/t13-/m1/s1. The molecule has 16 heavy (non-hydrogen) atoms. The molecule has 1 aliphatic carbocycles. The first kappa shape index (κ1) is 12.1. The molecule has 1 saturated heterocycles. The van der Waals surface area contributed by atoms with Gasteiger partial charge in [-0.2, -0.15) is 0 Å². The first-order valence-corrected chi connectivity index (χ1v) is 6.53. The van der Waals surface area contributed by atoms with Crippen molar-refractivity contribution in [1.82, 2.24) is 9.80 Å². The molecule has 0 saturated carbocycles. The number of nitrogens with zero attached hydrogens (tertiary/aromatic N) is 2. The lowest BCUT2D eigenvalue weighted by molar-refractivity contribution is 0.0332. The molecular formula is C13H24N2O. The third-order valence-corrected chi connectivity index (χ3v) is 3.67. The van der Waals surface area contributed by atoms with E-state index in [0.29, 0.717) is 6.04 Å². The Morgan fingerprint density at radius 2 is 2.19 bits per heavy atom. The van der Waals surface area contributed by atoms with Crippen LogP contribution in [0.2, 0.25) is 0 Å². The van der Waals surface area contributed by atoms with Crippen LogP contribution in [0.3, 0.4) is 0 Å². The average molecular weight is 224 g/mol. The van der Waals surface area contributed by atoms with Crippen LogP contribution >= 0.6 is 0 Å². The summed E-state index contributed by atoms with van der Waals surface area (Å²) in [6.07, 6.45) is 8.66. The Bertz CT molecular complexity index is 224. The molecule has 1 heterocycles. The molecule has 3 heteroatoms. The number of rotatable bonds is 4. The van der Waals surface area contributed by atoms with Crippen molar-refractivity contribution in [3.8, 4) is 0 Å². The third-order valence-electron chi connectivity index (χ3n) is 3.67. The number of ether oxygens (including phenoxy) is 1. The molecule has 0 unspecified atom stereocenters. The van der Waals surface area contributed by atoms with Crippen LogP contribution in [0.4, 0.5) is 0 Å². The summed E-state index contributed by atoms with van der Waals surface area (Å²) in [6, 6.07) is 0.676. The minimum Gasteiger partial charge on any atom is -0.379 e. The Hall–Kier alpha value is -0.380. The van der Waals surface area contributed by atoms with Gasteiger partial charge in [0.2, 0.25) is 0 Å². The van der Waals surface area contributed by atoms with E-state index >= 15 is 0 Å². The third kappa shape index (κ3) is 3.58. The van der Waals surface area contributed by atoms with Crippen molar-refractivity contribution in [2.75, 3.05) is 46.4 Å². The highest BCUT2D eigenvalue weighted by atomic mass is 16.5. The van der Waals surface area contributed by atoms with Gasteiger partial charge in [-0.05, 0) is 26.3 Å². The Morgan fingerprint density at radius 1 is 1.38 bits per heavy atom. The van der Waals surface area contributed by atoms with E-state index < -0.39 is 0 Å². The van der Waals surface area contributed by atoms with Crippen molar-refractivity contribution >= 4 is 0 Å². The smallest absolute Gasteiger partial charge is 0.0594 e. The molecule has 1 fully saturated rings. The molecule has 2 aliphatic rings. The molecule has 0 aromatic heterocycles. The molecule has 0 bridgehead atoms. The first-order chi connectivity index (χ1) is 7.86. The van der Waals surface area contributed by atoms with Gasteiger partial charge < -0.3 is 4.74 Å². The summed E-state index contributed by atoms with van der Waals surface area (Å²) < 4.78 is 5.36. The van der Waals surface area contributed by atoms with Gasteiger partial charge in [0.15, 0.2) is 0 Å². The Kier molecular flexibility index (Phi) is 4.82. The topological polar surface area (TPSA) is 15.7 Å². The van der Waals surface area contributed by atoms with Crippen LogP contribution in [0, 0.1) is 0 Å². The Morgan fingerprint density at radius 3 is 2.88 bits per heavy atom. The van der Waals surface area contributed by atoms with Gasteiger partial charge in [-0.25, -0.2) is 0 Å². The Labute approximate surface area is 99.1 Å². The number of likely N-dealkylation sites (N-methyl/N-ethyl adjacent to an activating group) is 1. The van der Waals surface area contributed by atoms with Crippen LogP contribution in [-0.2, 0) is 4.74 Å².